The average molecular weight is 405 g/mol. The zero-order valence-electron chi connectivity index (χ0n) is 16.1. The first-order valence-electron chi connectivity index (χ1n) is 9.02. The molecule has 0 bridgehead atoms. The molecule has 0 aromatic heterocycles. The van der Waals surface area contributed by atoms with Crippen LogP contribution in [0, 0.1) is 10.1 Å². The molecule has 0 saturated heterocycles. The molecule has 0 spiro atoms. The number of hydrogen-bond donors (Lipinski definition) is 1. The van der Waals surface area contributed by atoms with Crippen molar-refractivity contribution < 1.29 is 24.3 Å². The Bertz CT molecular complexity index is 1090. The number of hydrogen-bond acceptors (Lipinski definition) is 6. The number of nitro benzene ring substituents is 1. The van der Waals surface area contributed by atoms with E-state index in [-0.39, 0.29) is 29.4 Å². The lowest BCUT2D eigenvalue weighted by Gasteiger charge is -2.11. The van der Waals surface area contributed by atoms with Gasteiger partial charge in [-0.1, -0.05) is 24.3 Å². The Morgan fingerprint density at radius 1 is 1.10 bits per heavy atom. The first-order valence-corrected chi connectivity index (χ1v) is 9.02. The molecule has 30 heavy (non-hydrogen) atoms. The number of ether oxygens (including phenoxy) is 2. The van der Waals surface area contributed by atoms with Crippen LogP contribution in [0.25, 0.3) is 6.08 Å². The molecule has 0 radical (unpaired) electrons. The highest BCUT2D eigenvalue weighted by molar-refractivity contribution is 6.08. The fraction of sp³-hybridized carbons (Fsp3) is 0.0870. The number of carbonyl (C=O) groups excluding carboxylic acids is 1. The van der Waals surface area contributed by atoms with Gasteiger partial charge in [0.1, 0.15) is 23.9 Å². The second kappa shape index (κ2) is 9.38. The maximum atomic E-state index is 12.3. The third-order valence-corrected chi connectivity index (χ3v) is 4.34. The van der Waals surface area contributed by atoms with E-state index in [9.17, 15) is 20.0 Å². The summed E-state index contributed by atoms with van der Waals surface area (Å²) in [4.78, 5) is 22.6. The van der Waals surface area contributed by atoms with Crippen molar-refractivity contribution in [1.82, 2.24) is 0 Å². The van der Waals surface area contributed by atoms with Crippen LogP contribution in [0.15, 0.2) is 72.8 Å². The van der Waals surface area contributed by atoms with E-state index in [0.29, 0.717) is 11.5 Å². The predicted molar refractivity (Wildman–Crippen MR) is 112 cm³/mol. The SMILES string of the molecule is COc1ccc(C=CC(=O)c2ccccc2O)cc1COc1ccc([N+](=O)[O-])cc1. The predicted octanol–water partition coefficient (Wildman–Crippen LogP) is 4.78. The Balaban J connectivity index is 1.74. The lowest BCUT2D eigenvalue weighted by molar-refractivity contribution is -0.384. The van der Waals surface area contributed by atoms with Crippen LogP contribution in [-0.4, -0.2) is 22.9 Å². The molecule has 0 atom stereocenters. The molecule has 7 nitrogen and oxygen atoms in total. The lowest BCUT2D eigenvalue weighted by atomic mass is 10.1. The normalized spacial score (nSPS) is 10.7. The molecule has 0 saturated carbocycles. The molecule has 0 heterocycles. The minimum absolute atomic E-state index is 0.0128. The molecule has 0 aliphatic rings. The Morgan fingerprint density at radius 3 is 2.50 bits per heavy atom. The number of nitrogens with zero attached hydrogens (tertiary/aromatic N) is 1. The van der Waals surface area contributed by atoms with Crippen molar-refractivity contribution in [3.05, 3.63) is 99.6 Å². The first kappa shape index (κ1) is 20.6. The van der Waals surface area contributed by atoms with Crippen molar-refractivity contribution >= 4 is 17.5 Å². The number of aromatic hydroxyl groups is 1. The minimum Gasteiger partial charge on any atom is -0.507 e. The molecule has 0 aliphatic carbocycles. The Hall–Kier alpha value is -4.13. The van der Waals surface area contributed by atoms with Gasteiger partial charge in [-0.2, -0.15) is 0 Å². The van der Waals surface area contributed by atoms with Crippen molar-refractivity contribution in [3.8, 4) is 17.2 Å². The van der Waals surface area contributed by atoms with Gasteiger partial charge < -0.3 is 14.6 Å². The molecular weight excluding hydrogens is 386 g/mol. The van der Waals surface area contributed by atoms with Crippen LogP contribution in [0.1, 0.15) is 21.5 Å². The standard InChI is InChI=1S/C23H19NO6/c1-29-23-13-7-16(6-12-22(26)20-4-2-3-5-21(20)25)14-17(23)15-30-19-10-8-18(9-11-19)24(27)28/h2-14,25H,15H2,1H3. The van der Waals surface area contributed by atoms with E-state index < -0.39 is 4.92 Å². The number of non-ortho nitro benzene ring substituents is 1. The van der Waals surface area contributed by atoms with Crippen molar-refractivity contribution in [2.24, 2.45) is 0 Å². The molecule has 3 rings (SSSR count). The summed E-state index contributed by atoms with van der Waals surface area (Å²) in [5, 5.41) is 20.5. The van der Waals surface area contributed by atoms with Crippen LogP contribution in [0.2, 0.25) is 0 Å². The summed E-state index contributed by atoms with van der Waals surface area (Å²) < 4.78 is 11.1. The Kier molecular flexibility index (Phi) is 6.44. The maximum Gasteiger partial charge on any atom is 0.269 e. The van der Waals surface area contributed by atoms with E-state index in [4.69, 9.17) is 9.47 Å². The molecule has 3 aromatic carbocycles. The van der Waals surface area contributed by atoms with Crippen LogP contribution >= 0.6 is 0 Å². The summed E-state index contributed by atoms with van der Waals surface area (Å²) in [7, 11) is 1.54. The van der Waals surface area contributed by atoms with Gasteiger partial charge in [0.05, 0.1) is 17.6 Å². The van der Waals surface area contributed by atoms with Gasteiger partial charge in [-0.15, -0.1) is 0 Å². The van der Waals surface area contributed by atoms with Gasteiger partial charge in [-0.25, -0.2) is 0 Å². The number of para-hydroxylation sites is 1. The van der Waals surface area contributed by atoms with Crippen molar-refractivity contribution in [3.63, 3.8) is 0 Å². The zero-order valence-corrected chi connectivity index (χ0v) is 16.1. The number of allylic oxidation sites excluding steroid dienone is 1. The maximum absolute atomic E-state index is 12.3. The summed E-state index contributed by atoms with van der Waals surface area (Å²) in [5.41, 5.74) is 1.71. The number of carbonyl (C=O) groups is 1. The molecule has 3 aromatic rings. The third kappa shape index (κ3) is 5.02. The fourth-order valence-corrected chi connectivity index (χ4v) is 2.78. The van der Waals surface area contributed by atoms with Crippen LogP contribution < -0.4 is 9.47 Å². The van der Waals surface area contributed by atoms with Crippen LogP contribution in [0.3, 0.4) is 0 Å². The van der Waals surface area contributed by atoms with Gasteiger partial charge in [0.2, 0.25) is 0 Å². The van der Waals surface area contributed by atoms with Gasteiger partial charge in [-0.05, 0) is 48.0 Å². The number of phenolic OH excluding ortho intramolecular Hbond substituents is 1. The molecule has 1 N–H and O–H groups in total. The highest BCUT2D eigenvalue weighted by Gasteiger charge is 2.09. The summed E-state index contributed by atoms with van der Waals surface area (Å²) in [6, 6.07) is 17.5. The molecular formula is C23H19NO6. The largest absolute Gasteiger partial charge is 0.507 e. The summed E-state index contributed by atoms with van der Waals surface area (Å²) in [6.07, 6.45) is 3.03. The van der Waals surface area contributed by atoms with Gasteiger partial charge in [0.25, 0.3) is 5.69 Å². The van der Waals surface area contributed by atoms with E-state index >= 15 is 0 Å². The quantitative estimate of drug-likeness (QED) is 0.250. The van der Waals surface area contributed by atoms with Gasteiger partial charge in [0, 0.05) is 17.7 Å². The molecule has 0 fully saturated rings. The molecule has 0 amide bonds. The highest BCUT2D eigenvalue weighted by Crippen LogP contribution is 2.24. The second-order valence-electron chi connectivity index (χ2n) is 6.33. The Labute approximate surface area is 173 Å². The number of phenols is 1. The summed E-state index contributed by atoms with van der Waals surface area (Å²) in [5.74, 6) is 0.714. The first-order chi connectivity index (χ1) is 14.5. The van der Waals surface area contributed by atoms with E-state index in [2.05, 4.69) is 0 Å². The number of rotatable bonds is 8. The Morgan fingerprint density at radius 2 is 1.83 bits per heavy atom. The zero-order chi connectivity index (χ0) is 21.5. The fourth-order valence-electron chi connectivity index (χ4n) is 2.78. The van der Waals surface area contributed by atoms with Crippen molar-refractivity contribution in [2.75, 3.05) is 7.11 Å². The van der Waals surface area contributed by atoms with Gasteiger partial charge in [0.15, 0.2) is 5.78 Å². The topological polar surface area (TPSA) is 98.9 Å². The van der Waals surface area contributed by atoms with Crippen LogP contribution in [-0.2, 0) is 6.61 Å². The van der Waals surface area contributed by atoms with E-state index in [0.717, 1.165) is 11.1 Å². The number of methoxy groups -OCH3 is 1. The van der Waals surface area contributed by atoms with Gasteiger partial charge in [-0.3, -0.25) is 14.9 Å². The van der Waals surface area contributed by atoms with Crippen molar-refractivity contribution in [1.29, 1.82) is 0 Å². The van der Waals surface area contributed by atoms with Crippen molar-refractivity contribution in [2.45, 2.75) is 6.61 Å². The smallest absolute Gasteiger partial charge is 0.269 e. The van der Waals surface area contributed by atoms with E-state index in [1.54, 1.807) is 43.5 Å². The minimum atomic E-state index is -0.473. The number of benzene rings is 3. The molecule has 152 valence electrons. The number of nitro groups is 1. The highest BCUT2D eigenvalue weighted by atomic mass is 16.6. The van der Waals surface area contributed by atoms with E-state index in [1.807, 2.05) is 6.07 Å². The lowest BCUT2D eigenvalue weighted by Crippen LogP contribution is -2.00. The van der Waals surface area contributed by atoms with E-state index in [1.165, 1.54) is 36.4 Å². The summed E-state index contributed by atoms with van der Waals surface area (Å²) in [6.45, 7) is 0.177. The molecule has 0 aliphatic heterocycles. The average Bonchev–Trinajstić information content (AvgIpc) is 2.76. The molecule has 7 heteroatoms. The monoisotopic (exact) mass is 405 g/mol. The van der Waals surface area contributed by atoms with Gasteiger partial charge >= 0.3 is 0 Å². The summed E-state index contributed by atoms with van der Waals surface area (Å²) >= 11 is 0. The van der Waals surface area contributed by atoms with Crippen LogP contribution in [0.4, 0.5) is 5.69 Å². The van der Waals surface area contributed by atoms with Crippen LogP contribution in [0.5, 0.6) is 17.2 Å². The third-order valence-electron chi connectivity index (χ3n) is 4.34. The molecule has 0 unspecified atom stereocenters. The second-order valence-corrected chi connectivity index (χ2v) is 6.33. The number of ketones is 1.